The fraction of sp³-hybridized carbons (Fsp3) is 0.407. The minimum absolute atomic E-state index is 0.0181. The van der Waals surface area contributed by atoms with Gasteiger partial charge >= 0.3 is 0 Å². The molecule has 0 bridgehead atoms. The van der Waals surface area contributed by atoms with Crippen molar-refractivity contribution < 1.29 is 9.90 Å². The average Bonchev–Trinajstić information content (AvgIpc) is 2.83. The molecule has 34 heavy (non-hydrogen) atoms. The van der Waals surface area contributed by atoms with Crippen LogP contribution in [0.5, 0.6) is 5.75 Å². The fourth-order valence-corrected chi connectivity index (χ4v) is 5.21. The number of Topliss-reactive ketones (excluding diaryl/α,β-unsaturated/α-hetero) is 1. The number of anilines is 1. The van der Waals surface area contributed by atoms with Crippen LogP contribution < -0.4 is 10.6 Å². The molecule has 4 rings (SSSR count). The van der Waals surface area contributed by atoms with Gasteiger partial charge in [-0.1, -0.05) is 36.2 Å². The lowest BCUT2D eigenvalue weighted by Crippen LogP contribution is -2.32. The number of ketones is 1. The largest absolute Gasteiger partial charge is 0.505 e. The Balaban J connectivity index is 1.64. The molecule has 3 N–H and O–H groups in total. The zero-order chi connectivity index (χ0) is 24.2. The number of halogens is 2. The third kappa shape index (κ3) is 5.48. The molecule has 0 aliphatic heterocycles. The number of aromatic nitrogens is 1. The summed E-state index contributed by atoms with van der Waals surface area (Å²) < 4.78 is 0. The lowest BCUT2D eigenvalue weighted by molar-refractivity contribution is 0.101. The Morgan fingerprint density at radius 2 is 1.79 bits per heavy atom. The Morgan fingerprint density at radius 1 is 1.09 bits per heavy atom. The summed E-state index contributed by atoms with van der Waals surface area (Å²) in [6.45, 7) is 5.92. The maximum Gasteiger partial charge on any atom is 0.163 e. The molecule has 1 aliphatic rings. The molecule has 0 radical (unpaired) electrons. The van der Waals surface area contributed by atoms with E-state index >= 15 is 0 Å². The first-order chi connectivity index (χ1) is 16.4. The number of nitrogens with zero attached hydrogens (tertiary/aromatic N) is 1. The highest BCUT2D eigenvalue weighted by molar-refractivity contribution is 6.37. The Kier molecular flexibility index (Phi) is 7.97. The molecule has 2 aromatic carbocycles. The molecule has 7 heteroatoms. The number of rotatable bonds is 8. The van der Waals surface area contributed by atoms with Crippen LogP contribution >= 0.6 is 23.2 Å². The summed E-state index contributed by atoms with van der Waals surface area (Å²) in [4.78, 5) is 17.0. The third-order valence-electron chi connectivity index (χ3n) is 6.65. The van der Waals surface area contributed by atoms with Crippen LogP contribution in [0.4, 0.5) is 5.69 Å². The zero-order valence-electron chi connectivity index (χ0n) is 19.6. The summed E-state index contributed by atoms with van der Waals surface area (Å²) in [6.07, 6.45) is 7.31. The van der Waals surface area contributed by atoms with Crippen LogP contribution in [0, 0.1) is 5.92 Å². The van der Waals surface area contributed by atoms with E-state index in [2.05, 4.69) is 22.5 Å². The normalized spacial score (nSPS) is 18.2. The van der Waals surface area contributed by atoms with Crippen molar-refractivity contribution in [2.75, 3.05) is 18.4 Å². The van der Waals surface area contributed by atoms with Crippen molar-refractivity contribution in [3.05, 3.63) is 52.1 Å². The third-order valence-corrected chi connectivity index (χ3v) is 7.23. The second kappa shape index (κ2) is 10.9. The maximum absolute atomic E-state index is 12.5. The van der Waals surface area contributed by atoms with Crippen molar-refractivity contribution in [1.29, 1.82) is 0 Å². The highest BCUT2D eigenvalue weighted by Crippen LogP contribution is 2.38. The fourth-order valence-electron chi connectivity index (χ4n) is 4.72. The summed E-state index contributed by atoms with van der Waals surface area (Å²) in [7, 11) is 0. The first kappa shape index (κ1) is 24.8. The monoisotopic (exact) mass is 499 g/mol. The van der Waals surface area contributed by atoms with Gasteiger partial charge in [-0.15, -0.1) is 0 Å². The van der Waals surface area contributed by atoms with E-state index in [1.165, 1.54) is 12.8 Å². The van der Waals surface area contributed by atoms with Crippen molar-refractivity contribution in [3.63, 3.8) is 0 Å². The van der Waals surface area contributed by atoms with Crippen molar-refractivity contribution in [2.24, 2.45) is 5.92 Å². The number of pyridine rings is 1. The van der Waals surface area contributed by atoms with Gasteiger partial charge in [0, 0.05) is 17.6 Å². The molecule has 0 amide bonds. The Hall–Kier alpha value is -2.34. The quantitative estimate of drug-likeness (QED) is 0.228. The van der Waals surface area contributed by atoms with E-state index in [-0.39, 0.29) is 21.6 Å². The van der Waals surface area contributed by atoms with E-state index in [9.17, 15) is 9.90 Å². The molecule has 0 unspecified atom stereocenters. The molecule has 1 aliphatic carbocycles. The molecular weight excluding hydrogens is 469 g/mol. The predicted octanol–water partition coefficient (Wildman–Crippen LogP) is 7.09. The van der Waals surface area contributed by atoms with Crippen LogP contribution in [-0.4, -0.2) is 35.0 Å². The van der Waals surface area contributed by atoms with Crippen LogP contribution in [-0.2, 0) is 0 Å². The van der Waals surface area contributed by atoms with Gasteiger partial charge in [-0.05, 0) is 93.4 Å². The molecule has 3 aromatic rings. The lowest BCUT2D eigenvalue weighted by atomic mass is 9.85. The zero-order valence-corrected chi connectivity index (χ0v) is 21.1. The van der Waals surface area contributed by atoms with Gasteiger partial charge < -0.3 is 15.7 Å². The summed E-state index contributed by atoms with van der Waals surface area (Å²) >= 11 is 12.3. The SMILES string of the molecule is CCCNCC1CCC(Nc2c(C(C)=O)cnc3ccc(-c4cc(Cl)c(O)c(Cl)c4)cc23)CC1. The predicted molar refractivity (Wildman–Crippen MR) is 141 cm³/mol. The van der Waals surface area contributed by atoms with E-state index in [1.807, 2.05) is 18.2 Å². The number of phenolic OH excluding ortho intramolecular Hbond substituents is 1. The van der Waals surface area contributed by atoms with E-state index in [0.29, 0.717) is 17.5 Å². The molecule has 1 aromatic heterocycles. The number of benzene rings is 2. The van der Waals surface area contributed by atoms with Gasteiger partial charge in [-0.25, -0.2) is 0 Å². The van der Waals surface area contributed by atoms with E-state index < -0.39 is 0 Å². The minimum Gasteiger partial charge on any atom is -0.505 e. The first-order valence-corrected chi connectivity index (χ1v) is 12.7. The average molecular weight is 500 g/mol. The summed E-state index contributed by atoms with van der Waals surface area (Å²) in [6, 6.07) is 9.58. The van der Waals surface area contributed by atoms with Gasteiger partial charge in [0.1, 0.15) is 0 Å². The first-order valence-electron chi connectivity index (χ1n) is 12.0. The Bertz CT molecular complexity index is 1170. The van der Waals surface area contributed by atoms with Crippen LogP contribution in [0.15, 0.2) is 36.5 Å². The van der Waals surface area contributed by atoms with Gasteiger partial charge in [-0.3, -0.25) is 9.78 Å². The molecule has 1 heterocycles. The van der Waals surface area contributed by atoms with E-state index in [1.54, 1.807) is 25.3 Å². The van der Waals surface area contributed by atoms with Crippen molar-refractivity contribution in [2.45, 2.75) is 52.0 Å². The number of hydrogen-bond acceptors (Lipinski definition) is 5. The van der Waals surface area contributed by atoms with Gasteiger partial charge in [0.05, 0.1) is 26.8 Å². The Labute approximate surface area is 210 Å². The summed E-state index contributed by atoms with van der Waals surface area (Å²) in [5.41, 5.74) is 3.91. The maximum atomic E-state index is 12.5. The second-order valence-electron chi connectivity index (χ2n) is 9.19. The molecule has 5 nitrogen and oxygen atoms in total. The molecular formula is C27H31Cl2N3O2. The van der Waals surface area contributed by atoms with Crippen LogP contribution in [0.3, 0.4) is 0 Å². The van der Waals surface area contributed by atoms with Gasteiger partial charge in [0.15, 0.2) is 11.5 Å². The number of phenols is 1. The molecule has 180 valence electrons. The standard InChI is InChI=1S/C27H31Cl2N3O2/c1-3-10-30-14-17-4-7-20(8-5-17)32-26-21-11-18(19-12-23(28)27(34)24(29)13-19)6-9-25(21)31-15-22(26)16(2)33/h6,9,11-13,15,17,20,30,34H,3-5,7-8,10,14H2,1-2H3,(H,31,32). The molecule has 0 saturated heterocycles. The number of nitrogens with one attached hydrogen (secondary N) is 2. The van der Waals surface area contributed by atoms with Crippen LogP contribution in [0.2, 0.25) is 10.0 Å². The number of hydrogen-bond donors (Lipinski definition) is 3. The highest BCUT2D eigenvalue weighted by Gasteiger charge is 2.23. The molecule has 1 saturated carbocycles. The lowest BCUT2D eigenvalue weighted by Gasteiger charge is -2.31. The number of carbonyl (C=O) groups excluding carboxylic acids is 1. The van der Waals surface area contributed by atoms with Crippen LogP contribution in [0.25, 0.3) is 22.0 Å². The van der Waals surface area contributed by atoms with Crippen molar-refractivity contribution in [3.8, 4) is 16.9 Å². The summed E-state index contributed by atoms with van der Waals surface area (Å²) in [5, 5.41) is 18.4. The van der Waals surface area contributed by atoms with Crippen molar-refractivity contribution in [1.82, 2.24) is 10.3 Å². The topological polar surface area (TPSA) is 74.2 Å². The van der Waals surface area contributed by atoms with Gasteiger partial charge in [0.2, 0.25) is 0 Å². The van der Waals surface area contributed by atoms with Crippen LogP contribution in [0.1, 0.15) is 56.3 Å². The minimum atomic E-state index is -0.128. The Morgan fingerprint density at radius 3 is 2.44 bits per heavy atom. The summed E-state index contributed by atoms with van der Waals surface area (Å²) in [5.74, 6) is 0.563. The molecule has 0 atom stereocenters. The molecule has 1 fully saturated rings. The second-order valence-corrected chi connectivity index (χ2v) is 10.0. The molecule has 0 spiro atoms. The number of carbonyl (C=O) groups is 1. The number of fused-ring (bicyclic) bond motifs is 1. The van der Waals surface area contributed by atoms with E-state index in [4.69, 9.17) is 23.2 Å². The van der Waals surface area contributed by atoms with E-state index in [0.717, 1.165) is 60.1 Å². The highest BCUT2D eigenvalue weighted by atomic mass is 35.5. The number of aromatic hydroxyl groups is 1. The van der Waals surface area contributed by atoms with Gasteiger partial charge in [0.25, 0.3) is 0 Å². The van der Waals surface area contributed by atoms with Gasteiger partial charge in [-0.2, -0.15) is 0 Å². The smallest absolute Gasteiger partial charge is 0.163 e. The van der Waals surface area contributed by atoms with Crippen molar-refractivity contribution >= 4 is 45.6 Å².